The number of hydrogen-bond donors (Lipinski definition) is 2. The number of pyridine rings is 2. The number of nitrogens with one attached hydrogen (secondary N) is 2. The number of rotatable bonds is 5. The second-order valence-corrected chi connectivity index (χ2v) is 7.94. The lowest BCUT2D eigenvalue weighted by Crippen LogP contribution is -2.51. The smallest absolute Gasteiger partial charge is 0.251 e. The second kappa shape index (κ2) is 7.87. The van der Waals surface area contributed by atoms with E-state index in [1.54, 1.807) is 18.3 Å². The lowest BCUT2D eigenvalue weighted by molar-refractivity contribution is -0.119. The van der Waals surface area contributed by atoms with Crippen molar-refractivity contribution in [3.8, 4) is 5.75 Å². The molecule has 8 heteroatoms. The fourth-order valence-corrected chi connectivity index (χ4v) is 4.77. The van der Waals surface area contributed by atoms with Crippen molar-refractivity contribution in [1.82, 2.24) is 19.8 Å². The number of nitrogens with zero attached hydrogens (tertiary/aromatic N) is 2. The summed E-state index contributed by atoms with van der Waals surface area (Å²) in [6, 6.07) is 6.92. The van der Waals surface area contributed by atoms with Crippen molar-refractivity contribution in [3.05, 3.63) is 62.4 Å². The predicted octanol–water partition coefficient (Wildman–Crippen LogP) is 0.842. The molecule has 2 aliphatic rings. The average molecular weight is 398 g/mol. The van der Waals surface area contributed by atoms with E-state index in [9.17, 15) is 14.4 Å². The van der Waals surface area contributed by atoms with Crippen LogP contribution in [0.5, 0.6) is 5.75 Å². The molecular formula is C21H26N4O4. The monoisotopic (exact) mass is 398 g/mol. The third kappa shape index (κ3) is 3.85. The van der Waals surface area contributed by atoms with Crippen molar-refractivity contribution in [2.45, 2.75) is 31.8 Å². The van der Waals surface area contributed by atoms with Gasteiger partial charge in [-0.1, -0.05) is 6.07 Å². The Bertz CT molecular complexity index is 1030. The summed E-state index contributed by atoms with van der Waals surface area (Å²) in [5.41, 5.74) is 1.70. The maximum absolute atomic E-state index is 12.6. The van der Waals surface area contributed by atoms with Crippen molar-refractivity contribution >= 4 is 5.91 Å². The van der Waals surface area contributed by atoms with Crippen LogP contribution < -0.4 is 21.0 Å². The van der Waals surface area contributed by atoms with Gasteiger partial charge in [-0.25, -0.2) is 0 Å². The molecule has 2 aromatic heterocycles. The highest BCUT2D eigenvalue weighted by molar-refractivity contribution is 5.72. The Kier molecular flexibility index (Phi) is 5.27. The number of hydrogen-bond acceptors (Lipinski definition) is 5. The van der Waals surface area contributed by atoms with Gasteiger partial charge in [0.1, 0.15) is 0 Å². The van der Waals surface area contributed by atoms with Gasteiger partial charge in [0.15, 0.2) is 5.75 Å². The van der Waals surface area contributed by atoms with E-state index in [0.29, 0.717) is 18.8 Å². The molecule has 4 rings (SSSR count). The molecule has 2 aromatic rings. The quantitative estimate of drug-likeness (QED) is 0.778. The fourth-order valence-electron chi connectivity index (χ4n) is 4.77. The van der Waals surface area contributed by atoms with E-state index in [0.717, 1.165) is 30.9 Å². The highest BCUT2D eigenvalue weighted by atomic mass is 16.5. The Labute approximate surface area is 168 Å². The molecule has 4 heterocycles. The molecule has 0 unspecified atom stereocenters. The van der Waals surface area contributed by atoms with Crippen molar-refractivity contribution in [3.63, 3.8) is 0 Å². The summed E-state index contributed by atoms with van der Waals surface area (Å²) in [4.78, 5) is 41.6. The highest BCUT2D eigenvalue weighted by Crippen LogP contribution is 2.41. The van der Waals surface area contributed by atoms with Gasteiger partial charge in [0.05, 0.1) is 13.2 Å². The number of carbonyl (C=O) groups is 1. The van der Waals surface area contributed by atoms with Crippen LogP contribution in [0.3, 0.4) is 0 Å². The summed E-state index contributed by atoms with van der Waals surface area (Å²) in [7, 11) is 1.48. The summed E-state index contributed by atoms with van der Waals surface area (Å²) in [5.74, 6) is 0.702. The van der Waals surface area contributed by atoms with Gasteiger partial charge in [-0.05, 0) is 18.4 Å². The average Bonchev–Trinajstić information content (AvgIpc) is 2.68. The maximum Gasteiger partial charge on any atom is 0.251 e. The normalized spacial score (nSPS) is 23.3. The van der Waals surface area contributed by atoms with Gasteiger partial charge in [-0.15, -0.1) is 0 Å². The minimum absolute atomic E-state index is 0.0134. The molecule has 1 amide bonds. The number of aromatic amines is 1. The Morgan fingerprint density at radius 2 is 2.14 bits per heavy atom. The van der Waals surface area contributed by atoms with E-state index in [1.165, 1.54) is 14.0 Å². The van der Waals surface area contributed by atoms with Crippen molar-refractivity contribution in [2.24, 2.45) is 5.92 Å². The van der Waals surface area contributed by atoms with Crippen LogP contribution in [0, 0.1) is 5.92 Å². The van der Waals surface area contributed by atoms with E-state index < -0.39 is 0 Å². The first-order valence-electron chi connectivity index (χ1n) is 9.90. The molecule has 2 bridgehead atoms. The van der Waals surface area contributed by atoms with Gasteiger partial charge in [-0.2, -0.15) is 0 Å². The number of ether oxygens (including phenoxy) is 1. The van der Waals surface area contributed by atoms with Crippen LogP contribution in [0.25, 0.3) is 0 Å². The number of aromatic nitrogens is 2. The number of H-pyrrole nitrogens is 1. The second-order valence-electron chi connectivity index (χ2n) is 7.94. The number of amides is 1. The number of likely N-dealkylation sites (tertiary alicyclic amines) is 1. The Balaban J connectivity index is 1.60. The number of methoxy groups -OCH3 is 1. The molecule has 154 valence electrons. The lowest BCUT2D eigenvalue weighted by atomic mass is 9.78. The van der Waals surface area contributed by atoms with Gasteiger partial charge in [-0.3, -0.25) is 19.3 Å². The van der Waals surface area contributed by atoms with Crippen LogP contribution in [-0.2, 0) is 11.3 Å². The van der Waals surface area contributed by atoms with E-state index in [4.69, 9.17) is 4.74 Å². The number of piperidine rings is 1. The molecule has 29 heavy (non-hydrogen) atoms. The van der Waals surface area contributed by atoms with Crippen LogP contribution in [0.2, 0.25) is 0 Å². The molecule has 1 saturated heterocycles. The van der Waals surface area contributed by atoms with Gasteiger partial charge in [0.25, 0.3) is 5.56 Å². The molecule has 1 fully saturated rings. The van der Waals surface area contributed by atoms with Gasteiger partial charge in [0.2, 0.25) is 11.3 Å². The molecule has 2 N–H and O–H groups in total. The molecule has 0 radical (unpaired) electrons. The van der Waals surface area contributed by atoms with Gasteiger partial charge < -0.3 is 19.6 Å². The molecule has 0 aromatic carbocycles. The summed E-state index contributed by atoms with van der Waals surface area (Å²) in [6.45, 7) is 4.18. The summed E-state index contributed by atoms with van der Waals surface area (Å²) >= 11 is 0. The third-order valence-electron chi connectivity index (χ3n) is 5.98. The van der Waals surface area contributed by atoms with E-state index >= 15 is 0 Å². The predicted molar refractivity (Wildman–Crippen MR) is 108 cm³/mol. The number of fused-ring (bicyclic) bond motifs is 4. The van der Waals surface area contributed by atoms with E-state index in [-0.39, 0.29) is 34.8 Å². The van der Waals surface area contributed by atoms with Gasteiger partial charge >= 0.3 is 0 Å². The first kappa shape index (κ1) is 19.4. The number of carbonyl (C=O) groups excluding carboxylic acids is 1. The van der Waals surface area contributed by atoms with Crippen LogP contribution >= 0.6 is 0 Å². The van der Waals surface area contributed by atoms with Crippen LogP contribution in [0.1, 0.15) is 36.7 Å². The Hall–Kier alpha value is -2.87. The highest BCUT2D eigenvalue weighted by Gasteiger charge is 2.40. The van der Waals surface area contributed by atoms with Crippen LogP contribution in [0.15, 0.2) is 40.1 Å². The minimum atomic E-state index is -0.140. The lowest BCUT2D eigenvalue weighted by Gasteiger charge is -2.47. The minimum Gasteiger partial charge on any atom is -0.491 e. The summed E-state index contributed by atoms with van der Waals surface area (Å²) < 4.78 is 6.91. The van der Waals surface area contributed by atoms with Crippen molar-refractivity contribution in [1.29, 1.82) is 0 Å². The van der Waals surface area contributed by atoms with Gasteiger partial charge in [0, 0.05) is 68.7 Å². The van der Waals surface area contributed by atoms with Crippen molar-refractivity contribution < 1.29 is 9.53 Å². The molecule has 0 spiro atoms. The molecule has 0 aliphatic carbocycles. The zero-order valence-electron chi connectivity index (χ0n) is 16.7. The Morgan fingerprint density at radius 1 is 1.31 bits per heavy atom. The molecule has 0 saturated carbocycles. The fraction of sp³-hybridized carbons (Fsp3) is 0.476. The molecule has 2 aliphatic heterocycles. The first-order chi connectivity index (χ1) is 14.0. The summed E-state index contributed by atoms with van der Waals surface area (Å²) in [6.07, 6.45) is 2.58. The topological polar surface area (TPSA) is 96.4 Å². The maximum atomic E-state index is 12.6. The Morgan fingerprint density at radius 3 is 2.86 bits per heavy atom. The first-order valence-corrected chi connectivity index (χ1v) is 9.90. The standard InChI is InChI=1S/C21H26N4O4/c1-13(26)22-8-18-15-6-14(17-4-3-5-21(28)25(17)18)10-24(11-15)12-16-7-19(27)20(29-2)9-23-16/h3-5,7,9,14-15,18H,6,8,10-12H2,1-2H3,(H,22,26)(H,23,27)/t14-,15+,18+/m1/s1. The van der Waals surface area contributed by atoms with Crippen LogP contribution in [-0.4, -0.2) is 47.1 Å². The van der Waals surface area contributed by atoms with Crippen molar-refractivity contribution in [2.75, 3.05) is 26.7 Å². The van der Waals surface area contributed by atoms with E-state index in [1.807, 2.05) is 16.7 Å². The van der Waals surface area contributed by atoms with E-state index in [2.05, 4.69) is 15.2 Å². The summed E-state index contributed by atoms with van der Waals surface area (Å²) in [5, 5.41) is 2.89. The largest absolute Gasteiger partial charge is 0.491 e. The SMILES string of the molecule is COc1c[nH]c(CN2C[C@H]3C[C@@H](C2)[C@H](CNC(C)=O)n2c3cccc2=O)cc1=O. The zero-order chi connectivity index (χ0) is 20.5. The zero-order valence-corrected chi connectivity index (χ0v) is 16.7. The third-order valence-corrected chi connectivity index (χ3v) is 5.98. The molecule has 8 nitrogen and oxygen atoms in total. The molecule has 3 atom stereocenters. The molecular weight excluding hydrogens is 372 g/mol. The van der Waals surface area contributed by atoms with Crippen LogP contribution in [0.4, 0.5) is 0 Å².